The Balaban J connectivity index is 1.31. The van der Waals surface area contributed by atoms with Crippen molar-refractivity contribution in [3.05, 3.63) is 12.2 Å². The Kier molecular flexibility index (Phi) is 5.40. The van der Waals surface area contributed by atoms with Crippen LogP contribution in [0.1, 0.15) is 39.0 Å². The fraction of sp³-hybridized carbons (Fsp3) is 0.857. The molecular formula is C21H34N2O3. The molecule has 1 N–H and O–H groups in total. The minimum Gasteiger partial charge on any atom is -0.462 e. The summed E-state index contributed by atoms with van der Waals surface area (Å²) in [6.45, 7) is 13.2. The van der Waals surface area contributed by atoms with E-state index in [2.05, 4.69) is 23.7 Å². The zero-order chi connectivity index (χ0) is 18.1. The second-order valence-electron chi connectivity index (χ2n) is 9.06. The molecule has 4 aliphatic rings. The molecule has 0 radical (unpaired) electrons. The van der Waals surface area contributed by atoms with Crippen molar-refractivity contribution in [2.75, 3.05) is 45.9 Å². The first-order valence-electron chi connectivity index (χ1n) is 10.5. The fourth-order valence-corrected chi connectivity index (χ4v) is 5.81. The minimum atomic E-state index is 0.0176. The average molecular weight is 363 g/mol. The molecule has 2 saturated heterocycles. The molecule has 2 aliphatic carbocycles. The van der Waals surface area contributed by atoms with Crippen LogP contribution in [0.15, 0.2) is 12.2 Å². The van der Waals surface area contributed by atoms with Crippen molar-refractivity contribution in [3.8, 4) is 0 Å². The molecule has 2 heterocycles. The van der Waals surface area contributed by atoms with Crippen LogP contribution < -0.4 is 5.32 Å². The third kappa shape index (κ3) is 3.58. The van der Waals surface area contributed by atoms with E-state index in [0.717, 1.165) is 65.2 Å². The summed E-state index contributed by atoms with van der Waals surface area (Å²) >= 11 is 0. The van der Waals surface area contributed by atoms with Crippen molar-refractivity contribution in [1.82, 2.24) is 10.2 Å². The number of fused-ring (bicyclic) bond motifs is 2. The van der Waals surface area contributed by atoms with Crippen LogP contribution in [-0.4, -0.2) is 62.9 Å². The summed E-state index contributed by atoms with van der Waals surface area (Å²) in [4.78, 5) is 14.9. The molecule has 0 aromatic heterocycles. The second kappa shape index (κ2) is 7.61. The Morgan fingerprint density at radius 2 is 2.15 bits per heavy atom. The predicted octanol–water partition coefficient (Wildman–Crippen LogP) is 2.22. The van der Waals surface area contributed by atoms with Gasteiger partial charge in [-0.25, -0.2) is 0 Å². The van der Waals surface area contributed by atoms with Crippen molar-refractivity contribution in [1.29, 1.82) is 0 Å². The van der Waals surface area contributed by atoms with Gasteiger partial charge in [0.05, 0.1) is 19.1 Å². The van der Waals surface area contributed by atoms with Crippen LogP contribution >= 0.6 is 0 Å². The number of allylic oxidation sites excluding steroid dienone is 1. The zero-order valence-electron chi connectivity index (χ0n) is 16.2. The lowest BCUT2D eigenvalue weighted by Gasteiger charge is -2.50. The Bertz CT molecular complexity index is 545. The number of ether oxygens (including phenoxy) is 2. The maximum atomic E-state index is 12.5. The van der Waals surface area contributed by atoms with Crippen molar-refractivity contribution in [2.24, 2.45) is 23.2 Å². The fourth-order valence-electron chi connectivity index (χ4n) is 5.81. The van der Waals surface area contributed by atoms with Crippen LogP contribution in [0.5, 0.6) is 0 Å². The number of carbonyl (C=O) groups excluding carboxylic acids is 1. The van der Waals surface area contributed by atoms with E-state index in [9.17, 15) is 4.79 Å². The standard InChI is InChI=1S/C21H34N2O3/c1-15-4-3-5-21(2)13-19-16(12-18(15)21)17(20(24)26-19)14-22-6-7-23-8-10-25-11-9-23/h16-19,22H,1,3-14H2,2H3/t16-,17+,18+,19-,21-/m1/s1. The number of carbonyl (C=O) groups is 1. The van der Waals surface area contributed by atoms with Crippen LogP contribution in [0.2, 0.25) is 0 Å². The smallest absolute Gasteiger partial charge is 0.310 e. The van der Waals surface area contributed by atoms with Gasteiger partial charge in [-0.15, -0.1) is 0 Å². The van der Waals surface area contributed by atoms with E-state index in [1.165, 1.54) is 18.4 Å². The number of nitrogens with one attached hydrogen (secondary N) is 1. The van der Waals surface area contributed by atoms with Crippen molar-refractivity contribution in [2.45, 2.75) is 45.1 Å². The van der Waals surface area contributed by atoms with Gasteiger partial charge in [-0.2, -0.15) is 0 Å². The van der Waals surface area contributed by atoms with Gasteiger partial charge in [0, 0.05) is 38.6 Å². The Morgan fingerprint density at radius 3 is 2.96 bits per heavy atom. The second-order valence-corrected chi connectivity index (χ2v) is 9.06. The van der Waals surface area contributed by atoms with Crippen LogP contribution in [0.25, 0.3) is 0 Å². The first-order valence-corrected chi connectivity index (χ1v) is 10.5. The highest BCUT2D eigenvalue weighted by molar-refractivity contribution is 5.75. The van der Waals surface area contributed by atoms with Gasteiger partial charge in [0.15, 0.2) is 0 Å². The molecule has 0 aromatic rings. The molecule has 26 heavy (non-hydrogen) atoms. The third-order valence-corrected chi connectivity index (χ3v) is 7.39. The average Bonchev–Trinajstić information content (AvgIpc) is 2.92. The first-order chi connectivity index (χ1) is 12.6. The number of nitrogens with zero attached hydrogens (tertiary/aromatic N) is 1. The molecule has 146 valence electrons. The lowest BCUT2D eigenvalue weighted by Crippen LogP contribution is -2.46. The van der Waals surface area contributed by atoms with Crippen molar-refractivity contribution in [3.63, 3.8) is 0 Å². The van der Waals surface area contributed by atoms with E-state index >= 15 is 0 Å². The molecule has 0 bridgehead atoms. The largest absolute Gasteiger partial charge is 0.462 e. The summed E-state index contributed by atoms with van der Waals surface area (Å²) in [5.41, 5.74) is 1.70. The van der Waals surface area contributed by atoms with E-state index in [-0.39, 0.29) is 23.4 Å². The summed E-state index contributed by atoms with van der Waals surface area (Å²) in [5, 5.41) is 3.53. The van der Waals surface area contributed by atoms with Gasteiger partial charge in [-0.05, 0) is 43.4 Å². The minimum absolute atomic E-state index is 0.0176. The van der Waals surface area contributed by atoms with Crippen LogP contribution in [0, 0.1) is 23.2 Å². The maximum absolute atomic E-state index is 12.5. The number of hydrogen-bond acceptors (Lipinski definition) is 5. The molecule has 4 rings (SSSR count). The summed E-state index contributed by atoms with van der Waals surface area (Å²) in [7, 11) is 0. The quantitative estimate of drug-likeness (QED) is 0.462. The Morgan fingerprint density at radius 1 is 1.35 bits per heavy atom. The summed E-state index contributed by atoms with van der Waals surface area (Å²) in [6, 6.07) is 0. The van der Waals surface area contributed by atoms with Gasteiger partial charge < -0.3 is 14.8 Å². The monoisotopic (exact) mass is 362 g/mol. The Hall–Kier alpha value is -0.910. The van der Waals surface area contributed by atoms with Crippen LogP contribution in [0.3, 0.4) is 0 Å². The van der Waals surface area contributed by atoms with Gasteiger partial charge in [0.1, 0.15) is 6.10 Å². The number of hydrogen-bond donors (Lipinski definition) is 1. The molecular weight excluding hydrogens is 328 g/mol. The zero-order valence-corrected chi connectivity index (χ0v) is 16.2. The topological polar surface area (TPSA) is 50.8 Å². The Labute approximate surface area is 157 Å². The molecule has 2 aliphatic heterocycles. The van der Waals surface area contributed by atoms with E-state index < -0.39 is 0 Å². The van der Waals surface area contributed by atoms with E-state index in [1.54, 1.807) is 0 Å². The highest BCUT2D eigenvalue weighted by Gasteiger charge is 2.54. The highest BCUT2D eigenvalue weighted by Crippen LogP contribution is 2.56. The van der Waals surface area contributed by atoms with E-state index in [0.29, 0.717) is 11.8 Å². The van der Waals surface area contributed by atoms with Crippen LogP contribution in [0.4, 0.5) is 0 Å². The molecule has 5 nitrogen and oxygen atoms in total. The maximum Gasteiger partial charge on any atom is 0.310 e. The molecule has 5 atom stereocenters. The molecule has 0 unspecified atom stereocenters. The van der Waals surface area contributed by atoms with Gasteiger partial charge in [-0.1, -0.05) is 19.1 Å². The van der Waals surface area contributed by atoms with Crippen molar-refractivity contribution < 1.29 is 14.3 Å². The summed E-state index contributed by atoms with van der Waals surface area (Å²) in [6.07, 6.45) is 5.89. The molecule has 0 spiro atoms. The summed E-state index contributed by atoms with van der Waals surface area (Å²) < 4.78 is 11.2. The SMILES string of the molecule is C=C1CCC[C@]2(C)C[C@H]3OC(=O)[C@@H](CNCCN4CCOCC4)[C@H]3C[C@@H]12. The van der Waals surface area contributed by atoms with Gasteiger partial charge in [0.2, 0.25) is 0 Å². The molecule has 0 amide bonds. The highest BCUT2D eigenvalue weighted by atomic mass is 16.6. The third-order valence-electron chi connectivity index (χ3n) is 7.39. The molecule has 0 aromatic carbocycles. The molecule has 2 saturated carbocycles. The van der Waals surface area contributed by atoms with Gasteiger partial charge in [-0.3, -0.25) is 9.69 Å². The van der Waals surface area contributed by atoms with Gasteiger partial charge >= 0.3 is 5.97 Å². The predicted molar refractivity (Wildman–Crippen MR) is 101 cm³/mol. The number of morpholine rings is 1. The normalized spacial score (nSPS) is 40.8. The van der Waals surface area contributed by atoms with Gasteiger partial charge in [0.25, 0.3) is 0 Å². The van der Waals surface area contributed by atoms with E-state index in [1.807, 2.05) is 0 Å². The lowest BCUT2D eigenvalue weighted by atomic mass is 9.55. The first kappa shape index (κ1) is 18.5. The summed E-state index contributed by atoms with van der Waals surface area (Å²) in [5.74, 6) is 0.977. The molecule has 4 fully saturated rings. The number of rotatable bonds is 5. The number of esters is 1. The lowest BCUT2D eigenvalue weighted by molar-refractivity contribution is -0.146. The van der Waals surface area contributed by atoms with E-state index in [4.69, 9.17) is 9.47 Å². The van der Waals surface area contributed by atoms with Crippen molar-refractivity contribution >= 4 is 5.97 Å². The molecule has 5 heteroatoms. The van der Waals surface area contributed by atoms with Crippen LogP contribution in [-0.2, 0) is 14.3 Å².